The molecule has 1 aliphatic heterocycles. The molecule has 3 aromatic rings. The van der Waals surface area contributed by atoms with Gasteiger partial charge in [-0.25, -0.2) is 9.18 Å². The summed E-state index contributed by atoms with van der Waals surface area (Å²) in [6.45, 7) is -0.302. The molecular formula is C21H17ClFN5O3. The maximum absolute atomic E-state index is 14.2. The van der Waals surface area contributed by atoms with Crippen molar-refractivity contribution in [1.82, 2.24) is 25.7 Å². The third kappa shape index (κ3) is 3.53. The molecule has 1 saturated heterocycles. The van der Waals surface area contributed by atoms with Crippen molar-refractivity contribution in [2.45, 2.75) is 5.54 Å². The van der Waals surface area contributed by atoms with Crippen molar-refractivity contribution in [1.29, 1.82) is 0 Å². The lowest BCUT2D eigenvalue weighted by atomic mass is 9.94. The molecule has 4 rings (SSSR count). The van der Waals surface area contributed by atoms with E-state index in [1.165, 1.54) is 23.0 Å². The number of benzene rings is 2. The van der Waals surface area contributed by atoms with E-state index in [2.05, 4.69) is 21.0 Å². The van der Waals surface area contributed by atoms with Gasteiger partial charge in [0.1, 0.15) is 5.82 Å². The Morgan fingerprint density at radius 3 is 2.55 bits per heavy atom. The van der Waals surface area contributed by atoms with Crippen molar-refractivity contribution in [3.63, 3.8) is 0 Å². The molecule has 1 aromatic heterocycles. The molecule has 158 valence electrons. The summed E-state index contributed by atoms with van der Waals surface area (Å²) in [6, 6.07) is 12.4. The van der Waals surface area contributed by atoms with E-state index in [1.807, 2.05) is 6.07 Å². The van der Waals surface area contributed by atoms with E-state index in [4.69, 9.17) is 11.6 Å². The van der Waals surface area contributed by atoms with Crippen molar-refractivity contribution < 1.29 is 18.8 Å². The summed E-state index contributed by atoms with van der Waals surface area (Å²) < 4.78 is 15.6. The number of carbonyl (C=O) groups is 3. The van der Waals surface area contributed by atoms with Gasteiger partial charge in [0.15, 0.2) is 5.54 Å². The van der Waals surface area contributed by atoms with E-state index in [-0.39, 0.29) is 17.1 Å². The fourth-order valence-electron chi connectivity index (χ4n) is 3.61. The number of hydrogen-bond acceptors (Lipinski definition) is 4. The second-order valence-electron chi connectivity index (χ2n) is 6.99. The Kier molecular flexibility index (Phi) is 5.20. The van der Waals surface area contributed by atoms with Gasteiger partial charge in [-0.15, -0.1) is 0 Å². The Balaban J connectivity index is 1.70. The SMILES string of the molecule is Cn1nccc1C1(CNC(=O)c2c(-c3ccccc3)ccc(F)c2Cl)NC(=O)NC1=O. The second kappa shape index (κ2) is 7.84. The molecule has 2 heterocycles. The summed E-state index contributed by atoms with van der Waals surface area (Å²) >= 11 is 6.15. The standard InChI is InChI=1S/C21H17ClFN5O3/c1-28-15(9-10-25-28)21(19(30)26-20(31)27-21)11-24-18(29)16-13(7-8-14(23)17(16)22)12-5-3-2-4-6-12/h2-10H,11H2,1H3,(H,24,29)(H2,26,27,30,31). The van der Waals surface area contributed by atoms with Gasteiger partial charge in [-0.3, -0.25) is 19.6 Å². The molecule has 0 spiro atoms. The first kappa shape index (κ1) is 20.5. The molecule has 1 atom stereocenters. The highest BCUT2D eigenvalue weighted by Crippen LogP contribution is 2.32. The van der Waals surface area contributed by atoms with Crippen LogP contribution in [0.2, 0.25) is 5.02 Å². The molecule has 1 aliphatic rings. The Labute approximate surface area is 181 Å². The lowest BCUT2D eigenvalue weighted by molar-refractivity contribution is -0.124. The lowest BCUT2D eigenvalue weighted by Gasteiger charge is -2.26. The van der Waals surface area contributed by atoms with E-state index in [0.717, 1.165) is 0 Å². The first-order valence-electron chi connectivity index (χ1n) is 9.27. The molecule has 4 amide bonds. The number of nitrogens with zero attached hydrogens (tertiary/aromatic N) is 2. The fourth-order valence-corrected chi connectivity index (χ4v) is 3.86. The number of halogens is 2. The Hall–Kier alpha value is -3.72. The number of rotatable bonds is 5. The first-order valence-corrected chi connectivity index (χ1v) is 9.65. The Morgan fingerprint density at radius 2 is 1.94 bits per heavy atom. The largest absolute Gasteiger partial charge is 0.349 e. The molecule has 1 fully saturated rings. The summed E-state index contributed by atoms with van der Waals surface area (Å²) in [4.78, 5) is 37.6. The van der Waals surface area contributed by atoms with Gasteiger partial charge in [0.05, 0.1) is 22.8 Å². The van der Waals surface area contributed by atoms with Gasteiger partial charge in [0.2, 0.25) is 0 Å². The van der Waals surface area contributed by atoms with Crippen LogP contribution in [0.15, 0.2) is 54.7 Å². The van der Waals surface area contributed by atoms with Crippen molar-refractivity contribution in [3.8, 4) is 11.1 Å². The molecule has 2 aromatic carbocycles. The number of urea groups is 1. The van der Waals surface area contributed by atoms with Gasteiger partial charge in [-0.1, -0.05) is 48.0 Å². The number of amides is 4. The third-order valence-corrected chi connectivity index (χ3v) is 5.49. The van der Waals surface area contributed by atoms with E-state index < -0.39 is 29.2 Å². The van der Waals surface area contributed by atoms with Crippen LogP contribution in [0, 0.1) is 5.82 Å². The van der Waals surface area contributed by atoms with Crippen molar-refractivity contribution >= 4 is 29.4 Å². The van der Waals surface area contributed by atoms with Crippen LogP contribution in [-0.2, 0) is 17.4 Å². The molecule has 1 unspecified atom stereocenters. The number of imide groups is 1. The van der Waals surface area contributed by atoms with Gasteiger partial charge in [-0.05, 0) is 23.3 Å². The molecule has 0 radical (unpaired) electrons. The number of aromatic nitrogens is 2. The Morgan fingerprint density at radius 1 is 1.19 bits per heavy atom. The van der Waals surface area contributed by atoms with Gasteiger partial charge in [-0.2, -0.15) is 5.10 Å². The predicted molar refractivity (Wildman–Crippen MR) is 111 cm³/mol. The minimum Gasteiger partial charge on any atom is -0.349 e. The van der Waals surface area contributed by atoms with E-state index >= 15 is 0 Å². The normalized spacial score (nSPS) is 17.9. The van der Waals surface area contributed by atoms with Crippen molar-refractivity contribution in [2.24, 2.45) is 7.05 Å². The van der Waals surface area contributed by atoms with Crippen LogP contribution in [0.1, 0.15) is 16.1 Å². The van der Waals surface area contributed by atoms with Crippen LogP contribution in [0.5, 0.6) is 0 Å². The average molecular weight is 442 g/mol. The van der Waals surface area contributed by atoms with Crippen molar-refractivity contribution in [2.75, 3.05) is 6.54 Å². The van der Waals surface area contributed by atoms with E-state index in [9.17, 15) is 18.8 Å². The molecule has 0 bridgehead atoms. The molecule has 0 saturated carbocycles. The fraction of sp³-hybridized carbons (Fsp3) is 0.143. The summed E-state index contributed by atoms with van der Waals surface area (Å²) in [6.07, 6.45) is 1.47. The van der Waals surface area contributed by atoms with Crippen LogP contribution in [-0.4, -0.2) is 34.2 Å². The predicted octanol–water partition coefficient (Wildman–Crippen LogP) is 2.34. The molecule has 10 heteroatoms. The van der Waals surface area contributed by atoms with Gasteiger partial charge in [0, 0.05) is 13.2 Å². The first-order chi connectivity index (χ1) is 14.8. The highest BCUT2D eigenvalue weighted by molar-refractivity contribution is 6.34. The zero-order valence-corrected chi connectivity index (χ0v) is 17.0. The van der Waals surface area contributed by atoms with Gasteiger partial charge in [0.25, 0.3) is 11.8 Å². The van der Waals surface area contributed by atoms with Crippen LogP contribution < -0.4 is 16.0 Å². The maximum atomic E-state index is 14.2. The number of carbonyl (C=O) groups excluding carboxylic acids is 3. The smallest absolute Gasteiger partial charge is 0.322 e. The summed E-state index contributed by atoms with van der Waals surface area (Å²) in [5, 5.41) is 11.0. The van der Waals surface area contributed by atoms with Gasteiger partial charge >= 0.3 is 6.03 Å². The molecule has 31 heavy (non-hydrogen) atoms. The van der Waals surface area contributed by atoms with E-state index in [1.54, 1.807) is 37.4 Å². The van der Waals surface area contributed by atoms with Crippen LogP contribution in [0.4, 0.5) is 9.18 Å². The molecule has 0 aliphatic carbocycles. The minimum absolute atomic E-state index is 0.0715. The van der Waals surface area contributed by atoms with E-state index in [0.29, 0.717) is 16.8 Å². The maximum Gasteiger partial charge on any atom is 0.322 e. The monoisotopic (exact) mass is 441 g/mol. The topological polar surface area (TPSA) is 105 Å². The summed E-state index contributed by atoms with van der Waals surface area (Å²) in [7, 11) is 1.60. The summed E-state index contributed by atoms with van der Waals surface area (Å²) in [5.74, 6) is -2.09. The molecule has 8 nitrogen and oxygen atoms in total. The second-order valence-corrected chi connectivity index (χ2v) is 7.36. The molecule has 3 N–H and O–H groups in total. The average Bonchev–Trinajstić information content (AvgIpc) is 3.31. The number of hydrogen-bond donors (Lipinski definition) is 3. The number of aryl methyl sites for hydroxylation is 1. The Bertz CT molecular complexity index is 1200. The zero-order chi connectivity index (χ0) is 22.2. The molecular weight excluding hydrogens is 425 g/mol. The van der Waals surface area contributed by atoms with Crippen LogP contribution in [0.3, 0.4) is 0 Å². The summed E-state index contributed by atoms with van der Waals surface area (Å²) in [5.41, 5.74) is -0.186. The van der Waals surface area contributed by atoms with Crippen molar-refractivity contribution in [3.05, 3.63) is 76.8 Å². The van der Waals surface area contributed by atoms with Crippen LogP contribution in [0.25, 0.3) is 11.1 Å². The third-order valence-electron chi connectivity index (χ3n) is 5.12. The van der Waals surface area contributed by atoms with Crippen LogP contribution >= 0.6 is 11.6 Å². The highest BCUT2D eigenvalue weighted by Gasteiger charge is 2.50. The lowest BCUT2D eigenvalue weighted by Crippen LogP contribution is -2.53. The van der Waals surface area contributed by atoms with Gasteiger partial charge < -0.3 is 10.6 Å². The number of nitrogens with one attached hydrogen (secondary N) is 3. The minimum atomic E-state index is -1.58. The quantitative estimate of drug-likeness (QED) is 0.528. The highest BCUT2D eigenvalue weighted by atomic mass is 35.5. The zero-order valence-electron chi connectivity index (χ0n) is 16.3.